The van der Waals surface area contributed by atoms with E-state index in [1.807, 2.05) is 0 Å². The van der Waals surface area contributed by atoms with Gasteiger partial charge in [0, 0.05) is 6.21 Å². The fourth-order valence-electron chi connectivity index (χ4n) is 0.365. The van der Waals surface area contributed by atoms with Gasteiger partial charge < -0.3 is 10.6 Å². The Morgan fingerprint density at radius 3 is 2.80 bits per heavy atom. The highest BCUT2D eigenvalue weighted by atomic mass is 16.6. The number of nitrogens with two attached hydrogens (primary N) is 1. The molecule has 3 nitrogen and oxygen atoms in total. The fraction of sp³-hybridized carbons (Fsp3) is 0.857. The van der Waals surface area contributed by atoms with Crippen LogP contribution in [0.5, 0.6) is 0 Å². The molecule has 10 heavy (non-hydrogen) atoms. The SMILES string of the molecule is CC(C)/C=N/OCCCN. The minimum atomic E-state index is 0.456. The number of hydrogen-bond donors (Lipinski definition) is 1. The summed E-state index contributed by atoms with van der Waals surface area (Å²) < 4.78 is 0. The number of hydrogen-bond acceptors (Lipinski definition) is 3. The molecule has 0 bridgehead atoms. The first-order valence-electron chi connectivity index (χ1n) is 3.63. The minimum absolute atomic E-state index is 0.456. The van der Waals surface area contributed by atoms with Crippen LogP contribution in [-0.4, -0.2) is 19.4 Å². The van der Waals surface area contributed by atoms with Gasteiger partial charge in [0.05, 0.1) is 0 Å². The van der Waals surface area contributed by atoms with E-state index in [9.17, 15) is 0 Å². The Labute approximate surface area is 62.2 Å². The molecule has 0 saturated heterocycles. The molecule has 0 unspecified atom stereocenters. The molecule has 0 amide bonds. The molecule has 0 aliphatic heterocycles. The Bertz CT molecular complexity index is 91.6. The highest BCUT2D eigenvalue weighted by molar-refractivity contribution is 5.58. The lowest BCUT2D eigenvalue weighted by Crippen LogP contribution is -2.02. The van der Waals surface area contributed by atoms with Crippen molar-refractivity contribution in [1.82, 2.24) is 0 Å². The summed E-state index contributed by atoms with van der Waals surface area (Å²) in [5.41, 5.74) is 5.24. The lowest BCUT2D eigenvalue weighted by Gasteiger charge is -1.96. The van der Waals surface area contributed by atoms with Gasteiger partial charge >= 0.3 is 0 Å². The van der Waals surface area contributed by atoms with Gasteiger partial charge in [0.25, 0.3) is 0 Å². The largest absolute Gasteiger partial charge is 0.396 e. The van der Waals surface area contributed by atoms with Crippen molar-refractivity contribution in [2.45, 2.75) is 20.3 Å². The van der Waals surface area contributed by atoms with Crippen LogP contribution in [0, 0.1) is 5.92 Å². The van der Waals surface area contributed by atoms with Crippen molar-refractivity contribution in [3.05, 3.63) is 0 Å². The smallest absolute Gasteiger partial charge is 0.118 e. The first-order valence-corrected chi connectivity index (χ1v) is 3.63. The van der Waals surface area contributed by atoms with Gasteiger partial charge in [-0.3, -0.25) is 0 Å². The highest BCUT2D eigenvalue weighted by Gasteiger charge is 1.84. The molecular weight excluding hydrogens is 128 g/mol. The second kappa shape index (κ2) is 6.55. The Morgan fingerprint density at radius 1 is 1.60 bits per heavy atom. The summed E-state index contributed by atoms with van der Waals surface area (Å²) in [7, 11) is 0. The van der Waals surface area contributed by atoms with Crippen LogP contribution in [0.25, 0.3) is 0 Å². The maximum Gasteiger partial charge on any atom is 0.118 e. The van der Waals surface area contributed by atoms with Gasteiger partial charge in [-0.1, -0.05) is 19.0 Å². The molecule has 0 aromatic heterocycles. The molecule has 2 N–H and O–H groups in total. The van der Waals surface area contributed by atoms with Crippen LogP contribution in [-0.2, 0) is 4.84 Å². The van der Waals surface area contributed by atoms with E-state index >= 15 is 0 Å². The standard InChI is InChI=1S/C7H16N2O/c1-7(2)6-9-10-5-3-4-8/h6-7H,3-5,8H2,1-2H3/b9-6+. The van der Waals surface area contributed by atoms with Gasteiger partial charge in [-0.15, -0.1) is 0 Å². The van der Waals surface area contributed by atoms with Gasteiger partial charge in [0.15, 0.2) is 0 Å². The topological polar surface area (TPSA) is 47.6 Å². The second-order valence-electron chi connectivity index (χ2n) is 2.47. The van der Waals surface area contributed by atoms with Gasteiger partial charge in [-0.05, 0) is 18.9 Å². The van der Waals surface area contributed by atoms with Crippen molar-refractivity contribution >= 4 is 6.21 Å². The van der Waals surface area contributed by atoms with Crippen LogP contribution in [0.15, 0.2) is 5.16 Å². The second-order valence-corrected chi connectivity index (χ2v) is 2.47. The van der Waals surface area contributed by atoms with E-state index in [-0.39, 0.29) is 0 Å². The molecule has 0 fully saturated rings. The van der Waals surface area contributed by atoms with Crippen molar-refractivity contribution in [3.8, 4) is 0 Å². The van der Waals surface area contributed by atoms with E-state index in [0.29, 0.717) is 19.1 Å². The lowest BCUT2D eigenvalue weighted by atomic mass is 10.3. The van der Waals surface area contributed by atoms with Crippen molar-refractivity contribution in [1.29, 1.82) is 0 Å². The first kappa shape index (κ1) is 9.43. The third-order valence-corrected chi connectivity index (χ3v) is 0.873. The Hall–Kier alpha value is -0.570. The van der Waals surface area contributed by atoms with Crippen LogP contribution in [0.1, 0.15) is 20.3 Å². The van der Waals surface area contributed by atoms with E-state index < -0.39 is 0 Å². The summed E-state index contributed by atoms with van der Waals surface area (Å²) in [4.78, 5) is 4.87. The summed E-state index contributed by atoms with van der Waals surface area (Å²) in [5, 5.41) is 3.73. The average molecular weight is 144 g/mol. The first-order chi connectivity index (χ1) is 4.77. The van der Waals surface area contributed by atoms with Crippen molar-refractivity contribution in [2.24, 2.45) is 16.8 Å². The summed E-state index contributed by atoms with van der Waals surface area (Å²) in [6.07, 6.45) is 2.64. The Morgan fingerprint density at radius 2 is 2.30 bits per heavy atom. The van der Waals surface area contributed by atoms with Gasteiger partial charge in [0.1, 0.15) is 6.61 Å². The molecule has 0 aromatic rings. The molecule has 60 valence electrons. The number of oxime groups is 1. The van der Waals surface area contributed by atoms with Crippen LogP contribution >= 0.6 is 0 Å². The van der Waals surface area contributed by atoms with E-state index in [4.69, 9.17) is 10.6 Å². The van der Waals surface area contributed by atoms with Crippen LogP contribution in [0.2, 0.25) is 0 Å². The molecule has 0 atom stereocenters. The molecule has 0 aliphatic carbocycles. The lowest BCUT2D eigenvalue weighted by molar-refractivity contribution is 0.143. The fourth-order valence-corrected chi connectivity index (χ4v) is 0.365. The minimum Gasteiger partial charge on any atom is -0.396 e. The predicted molar refractivity (Wildman–Crippen MR) is 43.0 cm³/mol. The normalized spacial score (nSPS) is 11.2. The predicted octanol–water partition coefficient (Wildman–Crippen LogP) is 0.994. The molecule has 3 heteroatoms. The molecule has 0 rings (SSSR count). The maximum atomic E-state index is 5.24. The Balaban J connectivity index is 3.02. The van der Waals surface area contributed by atoms with Crippen molar-refractivity contribution < 1.29 is 4.84 Å². The Kier molecular flexibility index (Phi) is 6.18. The summed E-state index contributed by atoms with van der Waals surface area (Å²) in [6.45, 7) is 5.39. The molecular formula is C7H16N2O. The third-order valence-electron chi connectivity index (χ3n) is 0.873. The summed E-state index contributed by atoms with van der Waals surface area (Å²) in [5.74, 6) is 0.456. The molecule has 0 radical (unpaired) electrons. The quantitative estimate of drug-likeness (QED) is 0.355. The highest BCUT2D eigenvalue weighted by Crippen LogP contribution is 1.86. The number of nitrogens with zero attached hydrogens (tertiary/aromatic N) is 1. The van der Waals surface area contributed by atoms with Gasteiger partial charge in [-0.2, -0.15) is 0 Å². The molecule has 0 aliphatic rings. The van der Waals surface area contributed by atoms with E-state index in [1.54, 1.807) is 6.21 Å². The summed E-state index contributed by atoms with van der Waals surface area (Å²) >= 11 is 0. The zero-order chi connectivity index (χ0) is 7.82. The average Bonchev–Trinajstić information content (AvgIpc) is 1.87. The number of rotatable bonds is 5. The van der Waals surface area contributed by atoms with Crippen LogP contribution in [0.3, 0.4) is 0 Å². The van der Waals surface area contributed by atoms with Gasteiger partial charge in [-0.25, -0.2) is 0 Å². The molecule has 0 heterocycles. The third kappa shape index (κ3) is 7.43. The van der Waals surface area contributed by atoms with E-state index in [2.05, 4.69) is 19.0 Å². The maximum absolute atomic E-state index is 5.24. The van der Waals surface area contributed by atoms with Gasteiger partial charge in [0.2, 0.25) is 0 Å². The summed E-state index contributed by atoms with van der Waals surface area (Å²) in [6, 6.07) is 0. The van der Waals surface area contributed by atoms with Crippen molar-refractivity contribution in [3.63, 3.8) is 0 Å². The van der Waals surface area contributed by atoms with E-state index in [0.717, 1.165) is 6.42 Å². The van der Waals surface area contributed by atoms with Crippen LogP contribution < -0.4 is 5.73 Å². The molecule has 0 saturated carbocycles. The van der Waals surface area contributed by atoms with Crippen molar-refractivity contribution in [2.75, 3.05) is 13.2 Å². The van der Waals surface area contributed by atoms with E-state index in [1.165, 1.54) is 0 Å². The molecule has 0 aromatic carbocycles. The zero-order valence-corrected chi connectivity index (χ0v) is 6.71. The zero-order valence-electron chi connectivity index (χ0n) is 6.71. The van der Waals surface area contributed by atoms with Crippen LogP contribution in [0.4, 0.5) is 0 Å². The monoisotopic (exact) mass is 144 g/mol. The molecule has 0 spiro atoms.